The zero-order chi connectivity index (χ0) is 61.0. The van der Waals surface area contributed by atoms with E-state index in [1.165, 1.54) is 78.9 Å². The molecule has 7 rings (SSSR count). The lowest BCUT2D eigenvalue weighted by Gasteiger charge is -2.37. The number of amides is 5. The van der Waals surface area contributed by atoms with E-state index in [1.807, 2.05) is 91.0 Å². The van der Waals surface area contributed by atoms with Crippen molar-refractivity contribution in [2.75, 3.05) is 35.8 Å². The van der Waals surface area contributed by atoms with Gasteiger partial charge in [-0.15, -0.1) is 0 Å². The molecule has 0 spiro atoms. The van der Waals surface area contributed by atoms with Crippen LogP contribution in [0.1, 0.15) is 92.2 Å². The van der Waals surface area contributed by atoms with Gasteiger partial charge in [-0.1, -0.05) is 129 Å². The molecule has 0 aliphatic carbocycles. The first-order valence-electron chi connectivity index (χ1n) is 27.0. The van der Waals surface area contributed by atoms with Crippen LogP contribution in [0.25, 0.3) is 0 Å². The van der Waals surface area contributed by atoms with Crippen LogP contribution in [0.15, 0.2) is 202 Å². The number of carbonyl (C=O) groups excluding carboxylic acids is 6. The van der Waals surface area contributed by atoms with Crippen LogP contribution in [0.4, 0.5) is 22.7 Å². The first-order chi connectivity index (χ1) is 41.0. The maximum Gasteiger partial charge on any atom is 0.342 e. The Hall–Kier alpha value is -10.8. The first-order valence-corrected chi connectivity index (χ1v) is 27.0. The molecule has 0 fully saturated rings. The van der Waals surface area contributed by atoms with E-state index < -0.39 is 70.6 Å². The normalized spacial score (nSPS) is 11.2. The highest BCUT2D eigenvalue weighted by Crippen LogP contribution is 2.44. The minimum absolute atomic E-state index is 0.00400. The van der Waals surface area contributed by atoms with Gasteiger partial charge in [0.05, 0.1) is 40.5 Å². The number of esters is 1. The summed E-state index contributed by atoms with van der Waals surface area (Å²) in [6.07, 6.45) is 2.85. The SMILES string of the molecule is C=CCOC(=O)c1ccc(NC(=O)c2ccc(NC(=O)c3ccc(NC(=O)[C@H](CC(=O)NC(c4ccccc4)(c4ccccc4)c4ccccc4)NC(=O)c4ccc([N+](=O)[O-])cc4)cc3)c(OC(C)C)c2OCC=C)c(OC(C)C)c1OCC=C. The highest BCUT2D eigenvalue weighted by atomic mass is 16.6. The van der Waals surface area contributed by atoms with Gasteiger partial charge in [-0.05, 0) is 105 Å². The van der Waals surface area contributed by atoms with Crippen molar-refractivity contribution in [1.82, 2.24) is 10.6 Å². The van der Waals surface area contributed by atoms with Crippen molar-refractivity contribution >= 4 is 58.3 Å². The average molecular weight is 1150 g/mol. The van der Waals surface area contributed by atoms with E-state index in [9.17, 15) is 38.9 Å². The molecule has 5 N–H and O–H groups in total. The zero-order valence-electron chi connectivity index (χ0n) is 47.3. The average Bonchev–Trinajstić information content (AvgIpc) is 2.37. The van der Waals surface area contributed by atoms with E-state index in [4.69, 9.17) is 23.7 Å². The topological polar surface area (TPSA) is 252 Å². The predicted octanol–water partition coefficient (Wildman–Crippen LogP) is 11.4. The van der Waals surface area contributed by atoms with E-state index in [2.05, 4.69) is 46.3 Å². The van der Waals surface area contributed by atoms with Crippen LogP contribution >= 0.6 is 0 Å². The number of non-ortho nitro benzene ring substituents is 1. The lowest BCUT2D eigenvalue weighted by molar-refractivity contribution is -0.384. The predicted molar refractivity (Wildman–Crippen MR) is 324 cm³/mol. The van der Waals surface area contributed by atoms with Gasteiger partial charge >= 0.3 is 5.97 Å². The van der Waals surface area contributed by atoms with Gasteiger partial charge in [-0.25, -0.2) is 4.79 Å². The molecule has 0 aliphatic heterocycles. The number of rotatable bonds is 28. The Balaban J connectivity index is 1.16. The Morgan fingerprint density at radius 1 is 0.529 bits per heavy atom. The minimum atomic E-state index is -1.52. The highest BCUT2D eigenvalue weighted by Gasteiger charge is 2.39. The number of nitro groups is 1. The molecule has 0 unspecified atom stereocenters. The molecule has 7 aromatic rings. The molecule has 436 valence electrons. The number of nitrogens with one attached hydrogen (secondary N) is 5. The van der Waals surface area contributed by atoms with Crippen molar-refractivity contribution < 1.29 is 57.4 Å². The molecule has 85 heavy (non-hydrogen) atoms. The van der Waals surface area contributed by atoms with Gasteiger partial charge in [-0.2, -0.15) is 0 Å². The second kappa shape index (κ2) is 29.2. The van der Waals surface area contributed by atoms with Gasteiger partial charge < -0.3 is 50.3 Å². The summed E-state index contributed by atoms with van der Waals surface area (Å²) in [4.78, 5) is 95.3. The fourth-order valence-corrected chi connectivity index (χ4v) is 8.88. The van der Waals surface area contributed by atoms with Crippen molar-refractivity contribution in [2.24, 2.45) is 0 Å². The van der Waals surface area contributed by atoms with Gasteiger partial charge in [0, 0.05) is 28.9 Å². The molecule has 0 saturated carbocycles. The summed E-state index contributed by atoms with van der Waals surface area (Å²) in [5, 5.41) is 25.7. The number of hydrogen-bond donors (Lipinski definition) is 5. The standard InChI is InChI=1S/C66H64N6O13/c1-8-38-81-57-51(63(76)69-54-37-35-52(65(78)83-40-10-3)58(82-39-9-2)60(54)85-43(6)7)34-36-53(59(57)84-42(4)5)68-61(74)44-26-30-49(31-27-44)67-64(77)55(70-62(75)45-28-32-50(33-29-45)72(79)80)41-56(73)71-66(46-20-14-11-15-21-46,47-22-16-12-17-23-47)48-24-18-13-19-25-48/h8-37,42-43,55H,1-3,38-41H2,4-7H3,(H,67,77)(H,68,74)(H,69,76)(H,70,75)(H,71,73)/t55-/m0/s1. The Morgan fingerprint density at radius 2 is 0.976 bits per heavy atom. The number of nitro benzene ring substituents is 1. The minimum Gasteiger partial charge on any atom is -0.485 e. The van der Waals surface area contributed by atoms with Gasteiger partial charge in [-0.3, -0.25) is 34.1 Å². The lowest BCUT2D eigenvalue weighted by atomic mass is 9.77. The van der Waals surface area contributed by atoms with Gasteiger partial charge in [0.25, 0.3) is 23.4 Å². The van der Waals surface area contributed by atoms with E-state index >= 15 is 0 Å². The summed E-state index contributed by atoms with van der Waals surface area (Å²) in [5.74, 6) is -4.23. The third-order valence-corrected chi connectivity index (χ3v) is 12.6. The van der Waals surface area contributed by atoms with Crippen molar-refractivity contribution in [1.29, 1.82) is 0 Å². The number of ether oxygens (including phenoxy) is 5. The van der Waals surface area contributed by atoms with Crippen LogP contribution in [0.5, 0.6) is 23.0 Å². The third-order valence-electron chi connectivity index (χ3n) is 12.6. The summed E-state index contributed by atoms with van der Waals surface area (Å²) in [7, 11) is 0. The van der Waals surface area contributed by atoms with E-state index in [1.54, 1.807) is 27.7 Å². The second-order valence-electron chi connectivity index (χ2n) is 19.5. The van der Waals surface area contributed by atoms with Gasteiger partial charge in [0.1, 0.15) is 37.0 Å². The molecule has 0 aliphatic rings. The van der Waals surface area contributed by atoms with Crippen LogP contribution in [-0.4, -0.2) is 78.5 Å². The molecule has 19 heteroatoms. The molecule has 1 atom stereocenters. The zero-order valence-corrected chi connectivity index (χ0v) is 47.3. The molecule has 19 nitrogen and oxygen atoms in total. The van der Waals surface area contributed by atoms with E-state index in [0.29, 0.717) is 16.7 Å². The molecule has 0 heterocycles. The molecular weight excluding hydrogens is 1080 g/mol. The Bertz CT molecular complexity index is 3460. The van der Waals surface area contributed by atoms with Crippen molar-refractivity contribution in [2.45, 2.75) is 57.9 Å². The van der Waals surface area contributed by atoms with E-state index in [-0.39, 0.29) is 87.8 Å². The number of carbonyl (C=O) groups is 6. The molecule has 0 aromatic heterocycles. The lowest BCUT2D eigenvalue weighted by Crippen LogP contribution is -2.52. The fraction of sp³-hybridized carbons (Fsp3) is 0.182. The smallest absolute Gasteiger partial charge is 0.342 e. The molecule has 0 bridgehead atoms. The summed E-state index contributed by atoms with van der Waals surface area (Å²) >= 11 is 0. The Labute approximate surface area is 491 Å². The summed E-state index contributed by atoms with van der Waals surface area (Å²) in [6.45, 7) is 17.9. The summed E-state index contributed by atoms with van der Waals surface area (Å²) in [5.41, 5.74) is 1.20. The van der Waals surface area contributed by atoms with Crippen LogP contribution in [0.2, 0.25) is 0 Å². The summed E-state index contributed by atoms with van der Waals surface area (Å²) < 4.78 is 29.7. The molecule has 0 saturated heterocycles. The van der Waals surface area contributed by atoms with Gasteiger partial charge in [0.2, 0.25) is 11.8 Å². The number of benzene rings is 7. The number of hydrogen-bond acceptors (Lipinski definition) is 13. The number of anilines is 3. The third kappa shape index (κ3) is 15.6. The Kier molecular flexibility index (Phi) is 21.3. The quantitative estimate of drug-likeness (QED) is 0.0101. The van der Waals surface area contributed by atoms with Crippen molar-refractivity contribution in [3.05, 3.63) is 251 Å². The molecule has 7 aromatic carbocycles. The Morgan fingerprint density at radius 3 is 1.45 bits per heavy atom. The second-order valence-corrected chi connectivity index (χ2v) is 19.5. The van der Waals surface area contributed by atoms with Crippen molar-refractivity contribution in [3.8, 4) is 23.0 Å². The molecule has 5 amide bonds. The highest BCUT2D eigenvalue weighted by molar-refractivity contribution is 6.11. The van der Waals surface area contributed by atoms with E-state index in [0.717, 1.165) is 12.1 Å². The first kappa shape index (κ1) is 61.8. The molecule has 0 radical (unpaired) electrons. The fourth-order valence-electron chi connectivity index (χ4n) is 8.88. The van der Waals surface area contributed by atoms with Crippen LogP contribution in [0, 0.1) is 10.1 Å². The number of nitrogens with zero attached hydrogens (tertiary/aromatic N) is 1. The van der Waals surface area contributed by atoms with Crippen LogP contribution in [-0.2, 0) is 19.9 Å². The maximum absolute atomic E-state index is 14.6. The largest absolute Gasteiger partial charge is 0.485 e. The van der Waals surface area contributed by atoms with Crippen molar-refractivity contribution in [3.63, 3.8) is 0 Å². The maximum atomic E-state index is 14.6. The van der Waals surface area contributed by atoms with Crippen LogP contribution < -0.4 is 45.5 Å². The molecular formula is C66H64N6O13. The monoisotopic (exact) mass is 1150 g/mol. The van der Waals surface area contributed by atoms with Gasteiger partial charge in [0.15, 0.2) is 23.0 Å². The summed E-state index contributed by atoms with van der Waals surface area (Å²) in [6, 6.07) is 42.8. The van der Waals surface area contributed by atoms with Crippen LogP contribution in [0.3, 0.4) is 0 Å².